The number of hydrogen-bond donors (Lipinski definition) is 0. The second-order valence-corrected chi connectivity index (χ2v) is 25.4. The van der Waals surface area contributed by atoms with Crippen molar-refractivity contribution in [2.45, 2.75) is 95.6 Å². The maximum atomic E-state index is 11.7. The Kier molecular flexibility index (Phi) is 9.78. The van der Waals surface area contributed by atoms with E-state index in [-0.39, 0.29) is 10.4 Å². The standard InChI is InChI=1S/C18H43O3PSi4/c1-12-17(3,20-25(8,9)13-2)26(10,11)21-18(4,16-22)24(6,7)15-14-23(5)19/h13H,2,12,14-16,22H2,1,3-11H3/t17-,18?/m1/s1. The van der Waals surface area contributed by atoms with Gasteiger partial charge in [-0.1, -0.05) is 31.8 Å². The third-order valence-electron chi connectivity index (χ3n) is 6.33. The third kappa shape index (κ3) is 6.67. The van der Waals surface area contributed by atoms with Gasteiger partial charge in [0.1, 0.15) is 0 Å². The van der Waals surface area contributed by atoms with E-state index >= 15 is 0 Å². The molecule has 0 amide bonds. The molecule has 0 saturated heterocycles. The van der Waals surface area contributed by atoms with Crippen molar-refractivity contribution in [1.82, 2.24) is 0 Å². The Hall–Kier alpha value is 0.758. The van der Waals surface area contributed by atoms with Gasteiger partial charge in [0.2, 0.25) is 16.6 Å². The lowest BCUT2D eigenvalue weighted by Gasteiger charge is -2.53. The van der Waals surface area contributed by atoms with Gasteiger partial charge in [0.05, 0.1) is 13.3 Å². The van der Waals surface area contributed by atoms with E-state index in [4.69, 9.17) is 8.85 Å². The Bertz CT molecular complexity index is 511. The van der Waals surface area contributed by atoms with E-state index < -0.39 is 33.4 Å². The Labute approximate surface area is 169 Å². The lowest BCUT2D eigenvalue weighted by Crippen LogP contribution is -2.67. The molecule has 3 atom stereocenters. The van der Waals surface area contributed by atoms with Gasteiger partial charge < -0.3 is 13.3 Å². The van der Waals surface area contributed by atoms with Crippen LogP contribution in [-0.2, 0) is 13.3 Å². The van der Waals surface area contributed by atoms with E-state index in [1.54, 1.807) is 0 Å². The van der Waals surface area contributed by atoms with Crippen molar-refractivity contribution >= 4 is 42.6 Å². The van der Waals surface area contributed by atoms with E-state index in [2.05, 4.69) is 75.9 Å². The highest BCUT2D eigenvalue weighted by molar-refractivity contribution is 7.17. The summed E-state index contributed by atoms with van der Waals surface area (Å²) >= 11 is 0. The van der Waals surface area contributed by atoms with Crippen molar-refractivity contribution in [2.75, 3.05) is 6.16 Å². The highest BCUT2D eigenvalue weighted by Crippen LogP contribution is 2.40. The van der Waals surface area contributed by atoms with Crippen LogP contribution in [0.15, 0.2) is 12.3 Å². The monoisotopic (exact) mass is 450 g/mol. The molecule has 0 aromatic rings. The first-order valence-electron chi connectivity index (χ1n) is 9.75. The molecule has 0 radical (unpaired) electrons. The molecule has 0 spiro atoms. The fourth-order valence-corrected chi connectivity index (χ4v) is 17.3. The Morgan fingerprint density at radius 3 is 1.92 bits per heavy atom. The Morgan fingerprint density at radius 1 is 1.08 bits per heavy atom. The van der Waals surface area contributed by atoms with Crippen molar-refractivity contribution in [3.63, 3.8) is 0 Å². The predicted octanol–water partition coefficient (Wildman–Crippen LogP) is 5.80. The summed E-state index contributed by atoms with van der Waals surface area (Å²) in [5.41, 5.74) is 2.01. The largest absolute Gasteiger partial charge is 0.412 e. The van der Waals surface area contributed by atoms with Gasteiger partial charge in [-0.05, 0) is 65.2 Å². The molecule has 0 aliphatic carbocycles. The van der Waals surface area contributed by atoms with Crippen LogP contribution >= 0.6 is 9.24 Å². The molecule has 0 fully saturated rings. The molecule has 154 valence electrons. The van der Waals surface area contributed by atoms with Gasteiger partial charge in [-0.15, -0.1) is 15.8 Å². The molecular formula is C18H43O3PSi4. The zero-order valence-electron chi connectivity index (χ0n) is 18.9. The maximum absolute atomic E-state index is 11.7. The molecule has 0 N–H and O–H groups in total. The van der Waals surface area contributed by atoms with Gasteiger partial charge in [0.25, 0.3) is 8.68 Å². The van der Waals surface area contributed by atoms with Gasteiger partial charge in [-0.3, -0.25) is 0 Å². The van der Waals surface area contributed by atoms with Crippen LogP contribution in [0.2, 0.25) is 57.9 Å². The van der Waals surface area contributed by atoms with Crippen LogP contribution in [0.1, 0.15) is 27.2 Å². The molecule has 8 heteroatoms. The normalized spacial score (nSPS) is 18.1. The van der Waals surface area contributed by atoms with Gasteiger partial charge in [0.15, 0.2) is 0 Å². The molecular weight excluding hydrogens is 408 g/mol. The van der Waals surface area contributed by atoms with Crippen LogP contribution in [0.5, 0.6) is 0 Å². The molecule has 3 nitrogen and oxygen atoms in total. The molecule has 26 heavy (non-hydrogen) atoms. The minimum atomic E-state index is -2.19. The average molecular weight is 451 g/mol. The molecule has 0 aromatic heterocycles. The summed E-state index contributed by atoms with van der Waals surface area (Å²) in [5, 5.41) is -0.412. The van der Waals surface area contributed by atoms with Crippen molar-refractivity contribution in [1.29, 1.82) is 0 Å². The second kappa shape index (κ2) is 9.50. The van der Waals surface area contributed by atoms with E-state index in [0.29, 0.717) is 0 Å². The van der Waals surface area contributed by atoms with Gasteiger partial charge >= 0.3 is 0 Å². The molecule has 0 heterocycles. The quantitative estimate of drug-likeness (QED) is 0.278. The van der Waals surface area contributed by atoms with Crippen LogP contribution in [0, 0.1) is 0 Å². The zero-order valence-corrected chi connectivity index (χ0v) is 24.1. The van der Waals surface area contributed by atoms with Crippen molar-refractivity contribution in [3.05, 3.63) is 12.3 Å². The average Bonchev–Trinajstić information content (AvgIpc) is 2.51. The molecule has 0 aromatic carbocycles. The van der Waals surface area contributed by atoms with Crippen LogP contribution in [0.3, 0.4) is 0 Å². The lowest BCUT2D eigenvalue weighted by molar-refractivity contribution is 0.0884. The summed E-state index contributed by atoms with van der Waals surface area (Å²) in [6.45, 7) is 26.4. The minimum absolute atomic E-state index is 0.162. The van der Waals surface area contributed by atoms with Crippen LogP contribution < -0.4 is 0 Å². The highest BCUT2D eigenvalue weighted by Gasteiger charge is 2.53. The summed E-state index contributed by atoms with van der Waals surface area (Å²) in [4.78, 5) is 0. The van der Waals surface area contributed by atoms with Gasteiger partial charge in [-0.2, -0.15) is 0 Å². The Morgan fingerprint density at radius 2 is 1.58 bits per heavy atom. The van der Waals surface area contributed by atoms with Gasteiger partial charge in [0, 0.05) is 5.22 Å². The highest BCUT2D eigenvalue weighted by atomic mass is 31.0. The molecule has 2 unspecified atom stereocenters. The molecule has 0 aliphatic rings. The summed E-state index contributed by atoms with van der Waals surface area (Å²) in [6, 6.07) is 1.89. The van der Waals surface area contributed by atoms with Gasteiger partial charge in [-0.25, -0.2) is 0 Å². The van der Waals surface area contributed by atoms with Crippen LogP contribution in [0.25, 0.3) is 0 Å². The summed E-state index contributed by atoms with van der Waals surface area (Å²) in [5.74, 6) is 0. The molecule has 0 rings (SSSR count). The first-order valence-corrected chi connectivity index (χ1v) is 21.8. The van der Waals surface area contributed by atoms with Crippen molar-refractivity contribution in [2.24, 2.45) is 0 Å². The summed E-state index contributed by atoms with van der Waals surface area (Å²) in [7, 11) is -4.37. The van der Waals surface area contributed by atoms with E-state index in [0.717, 1.165) is 24.7 Å². The van der Waals surface area contributed by atoms with E-state index in [9.17, 15) is 4.46 Å². The van der Waals surface area contributed by atoms with Crippen molar-refractivity contribution < 1.29 is 13.3 Å². The van der Waals surface area contributed by atoms with Crippen LogP contribution in [0.4, 0.5) is 0 Å². The zero-order chi connectivity index (χ0) is 21.0. The topological polar surface area (TPSA) is 35.5 Å². The molecule has 0 aliphatic heterocycles. The first-order chi connectivity index (χ1) is 11.5. The molecule has 0 bridgehead atoms. The van der Waals surface area contributed by atoms with E-state index in [1.807, 2.05) is 12.2 Å². The summed E-state index contributed by atoms with van der Waals surface area (Å²) in [6.07, 6.45) is 1.85. The maximum Gasteiger partial charge on any atom is 0.273 e. The summed E-state index contributed by atoms with van der Waals surface area (Å²) < 4.78 is 25.5. The SMILES string of the molecule is C=C[Si](C)(C)O[C@@](C)(CC)[Si](C)(C)OC(C)(CP)[Si](C)(C)CC[Si](C)=O. The third-order valence-corrected chi connectivity index (χ3v) is 20.0. The van der Waals surface area contributed by atoms with Crippen molar-refractivity contribution in [3.8, 4) is 0 Å². The second-order valence-electron chi connectivity index (χ2n) is 9.63. The smallest absolute Gasteiger partial charge is 0.273 e. The Balaban J connectivity index is 5.73. The van der Waals surface area contributed by atoms with E-state index in [1.165, 1.54) is 0 Å². The fraction of sp³-hybridized carbons (Fsp3) is 0.889. The molecule has 0 saturated carbocycles. The fourth-order valence-electron chi connectivity index (χ4n) is 3.12. The lowest BCUT2D eigenvalue weighted by atomic mass is 10.3. The van der Waals surface area contributed by atoms with Crippen LogP contribution in [-0.4, -0.2) is 50.0 Å². The number of hydrogen-bond acceptors (Lipinski definition) is 3. The number of rotatable bonds is 12. The minimum Gasteiger partial charge on any atom is -0.412 e. The predicted molar refractivity (Wildman–Crippen MR) is 128 cm³/mol. The first kappa shape index (κ1) is 26.8.